The molecular weight excluding hydrogens is 541 g/mol. The first-order chi connectivity index (χ1) is 19.8. The molecule has 0 bridgehead atoms. The van der Waals surface area contributed by atoms with E-state index in [-0.39, 0.29) is 10.9 Å². The maximum atomic E-state index is 2.29. The molecule has 6 rings (SSSR count). The Hall–Kier alpha value is -3.63. The zero-order chi connectivity index (χ0) is 27.0. The molecule has 0 aliphatic rings. The van der Waals surface area contributed by atoms with Gasteiger partial charge in [-0.25, -0.2) is 0 Å². The molecule has 0 nitrogen and oxygen atoms in total. The summed E-state index contributed by atoms with van der Waals surface area (Å²) in [7, 11) is -0.120. The minimum Gasteiger partial charge on any atom is -0.0901 e. The van der Waals surface area contributed by atoms with Gasteiger partial charge in [-0.3, -0.25) is 0 Å². The van der Waals surface area contributed by atoms with Crippen LogP contribution in [0.3, 0.4) is 0 Å². The molecule has 0 spiro atoms. The van der Waals surface area contributed by atoms with Crippen LogP contribution in [0.15, 0.2) is 199 Å². The normalized spacial score (nSPS) is 11.2. The topological polar surface area (TPSA) is 0 Å². The van der Waals surface area contributed by atoms with E-state index >= 15 is 0 Å². The second-order valence-corrected chi connectivity index (χ2v) is 13.8. The van der Waals surface area contributed by atoms with Gasteiger partial charge in [-0.1, -0.05) is 109 Å². The minimum atomic E-state index is -0.120. The number of hydrogen-bond acceptors (Lipinski definition) is 1. The Balaban J connectivity index is 1.18. The van der Waals surface area contributed by atoms with Gasteiger partial charge < -0.3 is 0 Å². The molecule has 0 N–H and O–H groups in total. The Morgan fingerprint density at radius 2 is 0.775 bits per heavy atom. The lowest BCUT2D eigenvalue weighted by atomic mass is 10.0. The van der Waals surface area contributed by atoms with Crippen molar-refractivity contribution in [2.24, 2.45) is 0 Å². The van der Waals surface area contributed by atoms with E-state index in [0.29, 0.717) is 5.25 Å². The maximum absolute atomic E-state index is 2.29. The molecule has 0 aromatic heterocycles. The Kier molecular flexibility index (Phi) is 8.74. The zero-order valence-corrected chi connectivity index (χ0v) is 24.5. The minimum absolute atomic E-state index is 0.120. The molecule has 0 radical (unpaired) electrons. The average molecular weight is 571 g/mol. The smallest absolute Gasteiger partial charge is 0.0901 e. The van der Waals surface area contributed by atoms with Crippen LogP contribution in [-0.2, 0) is 22.7 Å². The van der Waals surface area contributed by atoms with Crippen LogP contribution >= 0.6 is 11.8 Å². The first-order valence-corrected chi connectivity index (χ1v) is 16.4. The van der Waals surface area contributed by atoms with E-state index < -0.39 is 0 Å². The summed E-state index contributed by atoms with van der Waals surface area (Å²) in [5, 5.41) is 0.316. The summed E-state index contributed by atoms with van der Waals surface area (Å²) >= 11 is 3.11. The molecule has 194 valence electrons. The number of hydrogen-bond donors (Lipinski definition) is 0. The molecular formula is C37H30S3+2. The Bertz CT molecular complexity index is 1520. The van der Waals surface area contributed by atoms with Crippen molar-refractivity contribution in [2.45, 2.75) is 34.6 Å². The third kappa shape index (κ3) is 6.56. The molecule has 0 saturated heterocycles. The van der Waals surface area contributed by atoms with E-state index in [1.807, 2.05) is 11.8 Å². The van der Waals surface area contributed by atoms with Gasteiger partial charge in [0.25, 0.3) is 0 Å². The fraction of sp³-hybridized carbons (Fsp3) is 0.0270. The lowest BCUT2D eigenvalue weighted by Gasteiger charge is -2.11. The predicted molar refractivity (Wildman–Crippen MR) is 174 cm³/mol. The first kappa shape index (κ1) is 26.6. The lowest BCUT2D eigenvalue weighted by Crippen LogP contribution is -2.04. The van der Waals surface area contributed by atoms with Crippen molar-refractivity contribution < 1.29 is 0 Å². The summed E-state index contributed by atoms with van der Waals surface area (Å²) in [6.07, 6.45) is 0. The van der Waals surface area contributed by atoms with Crippen LogP contribution in [0.2, 0.25) is 0 Å². The van der Waals surface area contributed by atoms with E-state index in [4.69, 9.17) is 0 Å². The van der Waals surface area contributed by atoms with E-state index in [2.05, 4.69) is 170 Å². The third-order valence-electron chi connectivity index (χ3n) is 6.60. The van der Waals surface area contributed by atoms with E-state index in [0.717, 1.165) is 0 Å². The molecule has 40 heavy (non-hydrogen) atoms. The molecule has 0 fully saturated rings. The van der Waals surface area contributed by atoms with Crippen molar-refractivity contribution in [1.82, 2.24) is 0 Å². The monoisotopic (exact) mass is 570 g/mol. The summed E-state index contributed by atoms with van der Waals surface area (Å²) < 4.78 is 0. The third-order valence-corrected chi connectivity index (χ3v) is 11.3. The fourth-order valence-corrected chi connectivity index (χ4v) is 8.82. The Labute approximate surface area is 248 Å². The number of thiol groups is 1. The van der Waals surface area contributed by atoms with Gasteiger partial charge >= 0.3 is 0 Å². The summed E-state index contributed by atoms with van der Waals surface area (Å²) in [4.78, 5) is 7.86. The molecule has 0 unspecified atom stereocenters. The zero-order valence-electron chi connectivity index (χ0n) is 22.0. The van der Waals surface area contributed by atoms with Crippen molar-refractivity contribution in [3.05, 3.63) is 181 Å². The van der Waals surface area contributed by atoms with Crippen LogP contribution < -0.4 is 0 Å². The van der Waals surface area contributed by atoms with Gasteiger partial charge in [0, 0.05) is 32.7 Å². The molecule has 0 saturated carbocycles. The van der Waals surface area contributed by atoms with Crippen LogP contribution in [0.5, 0.6) is 0 Å². The molecule has 6 aromatic rings. The van der Waals surface area contributed by atoms with Gasteiger partial charge in [0.1, 0.15) is 0 Å². The average Bonchev–Trinajstić information content (AvgIpc) is 3.03. The molecule has 0 atom stereocenters. The van der Waals surface area contributed by atoms with Gasteiger partial charge in [-0.05, 0) is 72.8 Å². The van der Waals surface area contributed by atoms with E-state index in [9.17, 15) is 0 Å². The van der Waals surface area contributed by atoms with Crippen molar-refractivity contribution in [1.29, 1.82) is 0 Å². The molecule has 0 aliphatic carbocycles. The highest BCUT2D eigenvalue weighted by molar-refractivity contribution is 7.99. The summed E-state index contributed by atoms with van der Waals surface area (Å²) in [6.45, 7) is 0. The van der Waals surface area contributed by atoms with Gasteiger partial charge in [0.15, 0.2) is 24.8 Å². The van der Waals surface area contributed by atoms with Crippen LogP contribution in [0.1, 0.15) is 16.4 Å². The highest BCUT2D eigenvalue weighted by Gasteiger charge is 2.28. The van der Waals surface area contributed by atoms with Crippen molar-refractivity contribution >= 4 is 34.4 Å². The standard InChI is InChI=1S/C37H29S3/c1-5-13-29(14-6-1)37(30-15-7-2-8-16-30)39-33-23-21-31(22-24-33)38-32-25-27-36(28-26-32)40(34-17-9-3-10-18-34)35-19-11-4-12-20-35/h1-28,37H/q+1/p+1. The predicted octanol–water partition coefficient (Wildman–Crippen LogP) is 9.90. The molecule has 6 aromatic carbocycles. The lowest BCUT2D eigenvalue weighted by molar-refractivity contribution is 1.14. The maximum Gasteiger partial charge on any atom is 0.171 e. The molecule has 0 amide bonds. The molecule has 0 heterocycles. The Morgan fingerprint density at radius 1 is 0.400 bits per heavy atom. The number of benzene rings is 6. The van der Waals surface area contributed by atoms with Gasteiger partial charge in [-0.15, -0.1) is 0 Å². The van der Waals surface area contributed by atoms with Crippen molar-refractivity contribution in [2.75, 3.05) is 0 Å². The van der Waals surface area contributed by atoms with Crippen molar-refractivity contribution in [3.63, 3.8) is 0 Å². The van der Waals surface area contributed by atoms with Crippen LogP contribution in [0, 0.1) is 0 Å². The van der Waals surface area contributed by atoms with Gasteiger partial charge in [-0.2, -0.15) is 0 Å². The fourth-order valence-electron chi connectivity index (χ4n) is 4.66. The Morgan fingerprint density at radius 3 is 1.23 bits per heavy atom. The SMILES string of the molecule is c1ccc(C([SH+]c2ccc(Sc3ccc([S+](c4ccccc4)c4ccccc4)cc3)cc2)c2ccccc2)cc1. The summed E-state index contributed by atoms with van der Waals surface area (Å²) in [6, 6.07) is 61.5. The highest BCUT2D eigenvalue weighted by atomic mass is 32.2. The van der Waals surface area contributed by atoms with Gasteiger partial charge in [0.2, 0.25) is 0 Å². The van der Waals surface area contributed by atoms with Crippen LogP contribution in [-0.4, -0.2) is 0 Å². The van der Waals surface area contributed by atoms with Crippen molar-refractivity contribution in [3.8, 4) is 0 Å². The second kappa shape index (κ2) is 13.1. The second-order valence-electron chi connectivity index (χ2n) is 9.35. The van der Waals surface area contributed by atoms with Crippen LogP contribution in [0.4, 0.5) is 0 Å². The quantitative estimate of drug-likeness (QED) is 0.123. The van der Waals surface area contributed by atoms with Crippen LogP contribution in [0.25, 0.3) is 0 Å². The van der Waals surface area contributed by atoms with Gasteiger partial charge in [0.05, 0.1) is 10.9 Å². The molecule has 3 heteroatoms. The molecule has 0 aliphatic heterocycles. The largest absolute Gasteiger partial charge is 0.171 e. The number of rotatable bonds is 9. The first-order valence-electron chi connectivity index (χ1n) is 13.4. The van der Waals surface area contributed by atoms with E-state index in [1.165, 1.54) is 52.3 Å². The highest BCUT2D eigenvalue weighted by Crippen LogP contribution is 2.35. The summed E-state index contributed by atoms with van der Waals surface area (Å²) in [5.41, 5.74) is 2.69. The summed E-state index contributed by atoms with van der Waals surface area (Å²) in [5.74, 6) is 0. The van der Waals surface area contributed by atoms with E-state index in [1.54, 1.807) is 0 Å².